The van der Waals surface area contributed by atoms with Crippen LogP contribution in [0.3, 0.4) is 0 Å². The van der Waals surface area contributed by atoms with Gasteiger partial charge in [-0.15, -0.1) is 11.3 Å². The molecule has 1 aromatic heterocycles. The van der Waals surface area contributed by atoms with Crippen LogP contribution in [-0.4, -0.2) is 11.0 Å². The molecule has 2 nitrogen and oxygen atoms in total. The van der Waals surface area contributed by atoms with E-state index >= 15 is 0 Å². The van der Waals surface area contributed by atoms with E-state index in [1.54, 1.807) is 11.3 Å². The van der Waals surface area contributed by atoms with E-state index in [-0.39, 0.29) is 0 Å². The van der Waals surface area contributed by atoms with E-state index < -0.39 is 0 Å². The third-order valence-corrected chi connectivity index (χ3v) is 4.18. The fourth-order valence-electron chi connectivity index (χ4n) is 2.14. The molecule has 1 aliphatic carbocycles. The molecule has 0 atom stereocenters. The van der Waals surface area contributed by atoms with E-state index in [9.17, 15) is 0 Å². The fourth-order valence-corrected chi connectivity index (χ4v) is 2.90. The summed E-state index contributed by atoms with van der Waals surface area (Å²) in [4.78, 5) is 4.45. The van der Waals surface area contributed by atoms with Gasteiger partial charge in [0, 0.05) is 11.4 Å². The highest BCUT2D eigenvalue weighted by Crippen LogP contribution is 2.36. The summed E-state index contributed by atoms with van der Waals surface area (Å²) in [7, 11) is 0. The van der Waals surface area contributed by atoms with Crippen LogP contribution in [0.4, 0.5) is 5.13 Å². The number of nitrogens with one attached hydrogen (secondary N) is 1. The Kier molecular flexibility index (Phi) is 3.01. The first kappa shape index (κ1) is 10.9. The lowest BCUT2D eigenvalue weighted by molar-refractivity contribution is 0.232. The number of thiazole rings is 1. The average Bonchev–Trinajstić information content (AvgIpc) is 2.55. The number of nitrogens with zero attached hydrogens (tertiary/aromatic N) is 1. The molecule has 1 heterocycles. The van der Waals surface area contributed by atoms with Gasteiger partial charge in [0.2, 0.25) is 0 Å². The Balaban J connectivity index is 1.87. The van der Waals surface area contributed by atoms with Crippen LogP contribution in [0.15, 0.2) is 5.38 Å². The Labute approximate surface area is 96.1 Å². The Morgan fingerprint density at radius 1 is 1.40 bits per heavy atom. The number of hydrogen-bond donors (Lipinski definition) is 1. The molecule has 1 aliphatic rings. The minimum absolute atomic E-state index is 0.553. The summed E-state index contributed by atoms with van der Waals surface area (Å²) in [6.07, 6.45) is 5.22. The lowest BCUT2D eigenvalue weighted by atomic mass is 9.76. The molecule has 15 heavy (non-hydrogen) atoms. The van der Waals surface area contributed by atoms with Gasteiger partial charge in [0.15, 0.2) is 5.13 Å². The average molecular weight is 224 g/mol. The molecule has 1 saturated carbocycles. The van der Waals surface area contributed by atoms with E-state index in [0.717, 1.165) is 10.8 Å². The van der Waals surface area contributed by atoms with Crippen molar-refractivity contribution in [2.24, 2.45) is 5.41 Å². The van der Waals surface area contributed by atoms with E-state index in [1.807, 2.05) is 6.92 Å². The summed E-state index contributed by atoms with van der Waals surface area (Å²) in [5.41, 5.74) is 1.68. The monoisotopic (exact) mass is 224 g/mol. The second-order valence-electron chi connectivity index (χ2n) is 5.38. The minimum atomic E-state index is 0.553. The first-order valence-corrected chi connectivity index (χ1v) is 6.62. The number of aromatic nitrogens is 1. The van der Waals surface area contributed by atoms with Crippen molar-refractivity contribution in [3.63, 3.8) is 0 Å². The summed E-state index contributed by atoms with van der Waals surface area (Å²) >= 11 is 1.72. The van der Waals surface area contributed by atoms with E-state index in [0.29, 0.717) is 11.5 Å². The van der Waals surface area contributed by atoms with Gasteiger partial charge in [-0.05, 0) is 38.0 Å². The molecular formula is C12H20N2S. The zero-order valence-corrected chi connectivity index (χ0v) is 10.7. The number of aryl methyl sites for hydroxylation is 1. The third kappa shape index (κ3) is 2.94. The molecule has 0 amide bonds. The molecular weight excluding hydrogens is 204 g/mol. The summed E-state index contributed by atoms with van der Waals surface area (Å²) in [5, 5.41) is 6.75. The summed E-state index contributed by atoms with van der Waals surface area (Å²) in [6.45, 7) is 6.79. The van der Waals surface area contributed by atoms with Crippen LogP contribution in [0.5, 0.6) is 0 Å². The van der Waals surface area contributed by atoms with Crippen molar-refractivity contribution in [2.75, 3.05) is 5.32 Å². The maximum atomic E-state index is 4.45. The zero-order chi connectivity index (χ0) is 10.9. The molecule has 0 aromatic carbocycles. The van der Waals surface area contributed by atoms with Gasteiger partial charge < -0.3 is 5.32 Å². The van der Waals surface area contributed by atoms with Crippen molar-refractivity contribution in [1.29, 1.82) is 0 Å². The summed E-state index contributed by atoms with van der Waals surface area (Å²) in [6, 6.07) is 0.642. The number of hydrogen-bond acceptors (Lipinski definition) is 3. The molecule has 84 valence electrons. The highest BCUT2D eigenvalue weighted by atomic mass is 32.1. The number of rotatable bonds is 2. The van der Waals surface area contributed by atoms with Gasteiger partial charge in [-0.25, -0.2) is 4.98 Å². The zero-order valence-electron chi connectivity index (χ0n) is 9.84. The molecule has 1 fully saturated rings. The number of anilines is 1. The fraction of sp³-hybridized carbons (Fsp3) is 0.750. The van der Waals surface area contributed by atoms with Crippen molar-refractivity contribution in [3.8, 4) is 0 Å². The Morgan fingerprint density at radius 3 is 2.60 bits per heavy atom. The maximum absolute atomic E-state index is 4.45. The molecule has 2 rings (SSSR count). The van der Waals surface area contributed by atoms with Crippen LogP contribution in [0.25, 0.3) is 0 Å². The standard InChI is InChI=1S/C12H20N2S/c1-9-8-15-11(13-9)14-10-4-6-12(2,3)7-5-10/h8,10H,4-7H2,1-3H3,(H,13,14). The third-order valence-electron chi connectivity index (χ3n) is 3.29. The molecule has 1 aromatic rings. The van der Waals surface area contributed by atoms with Crippen molar-refractivity contribution >= 4 is 16.5 Å². The van der Waals surface area contributed by atoms with E-state index in [2.05, 4.69) is 29.5 Å². The van der Waals surface area contributed by atoms with Crippen LogP contribution in [0, 0.1) is 12.3 Å². The van der Waals surface area contributed by atoms with Crippen molar-refractivity contribution < 1.29 is 0 Å². The maximum Gasteiger partial charge on any atom is 0.183 e. The van der Waals surface area contributed by atoms with Crippen LogP contribution in [0.1, 0.15) is 45.2 Å². The highest BCUT2D eigenvalue weighted by Gasteiger charge is 2.26. The van der Waals surface area contributed by atoms with Gasteiger partial charge in [0.25, 0.3) is 0 Å². The molecule has 0 unspecified atom stereocenters. The van der Waals surface area contributed by atoms with Gasteiger partial charge in [-0.3, -0.25) is 0 Å². The largest absolute Gasteiger partial charge is 0.359 e. The first-order valence-electron chi connectivity index (χ1n) is 5.74. The predicted molar refractivity (Wildman–Crippen MR) is 66.5 cm³/mol. The predicted octanol–water partition coefficient (Wildman–Crippen LogP) is 3.83. The van der Waals surface area contributed by atoms with E-state index in [1.165, 1.54) is 25.7 Å². The summed E-state index contributed by atoms with van der Waals surface area (Å²) in [5.74, 6) is 0. The molecule has 0 spiro atoms. The van der Waals surface area contributed by atoms with Crippen LogP contribution in [0.2, 0.25) is 0 Å². The molecule has 3 heteroatoms. The highest BCUT2D eigenvalue weighted by molar-refractivity contribution is 7.13. The molecule has 0 saturated heterocycles. The first-order chi connectivity index (χ1) is 7.05. The van der Waals surface area contributed by atoms with Gasteiger partial charge in [0.05, 0.1) is 5.69 Å². The van der Waals surface area contributed by atoms with Gasteiger partial charge in [-0.1, -0.05) is 13.8 Å². The lowest BCUT2D eigenvalue weighted by Gasteiger charge is -2.34. The molecule has 0 radical (unpaired) electrons. The normalized spacial score (nSPS) is 21.5. The van der Waals surface area contributed by atoms with Crippen LogP contribution < -0.4 is 5.32 Å². The van der Waals surface area contributed by atoms with Crippen molar-refractivity contribution in [2.45, 2.75) is 52.5 Å². The molecule has 0 aliphatic heterocycles. The van der Waals surface area contributed by atoms with Crippen LogP contribution in [-0.2, 0) is 0 Å². The summed E-state index contributed by atoms with van der Waals surface area (Å²) < 4.78 is 0. The quantitative estimate of drug-likeness (QED) is 0.825. The Bertz CT molecular complexity index is 320. The van der Waals surface area contributed by atoms with Gasteiger partial charge in [0.1, 0.15) is 0 Å². The molecule has 1 N–H and O–H groups in total. The van der Waals surface area contributed by atoms with Gasteiger partial charge in [-0.2, -0.15) is 0 Å². The van der Waals surface area contributed by atoms with Gasteiger partial charge >= 0.3 is 0 Å². The second-order valence-corrected chi connectivity index (χ2v) is 6.23. The molecule has 0 bridgehead atoms. The van der Waals surface area contributed by atoms with E-state index in [4.69, 9.17) is 0 Å². The SMILES string of the molecule is Cc1csc(NC2CCC(C)(C)CC2)n1. The van der Waals surface area contributed by atoms with Crippen molar-refractivity contribution in [3.05, 3.63) is 11.1 Å². The second kappa shape index (κ2) is 4.12. The van der Waals surface area contributed by atoms with Crippen LogP contribution >= 0.6 is 11.3 Å². The van der Waals surface area contributed by atoms with Crippen molar-refractivity contribution in [1.82, 2.24) is 4.98 Å². The lowest BCUT2D eigenvalue weighted by Crippen LogP contribution is -2.29. The Morgan fingerprint density at radius 2 is 2.07 bits per heavy atom. The smallest absolute Gasteiger partial charge is 0.183 e. The minimum Gasteiger partial charge on any atom is -0.359 e. The Hall–Kier alpha value is -0.570. The topological polar surface area (TPSA) is 24.9 Å².